The minimum atomic E-state index is -3.57. The standard InChI is InChI=1S/C21H25NO2S2/c1-16-12-14-17(15-13-16)26(23,24)22-18-8-4-2-3-5-10-20(18)25-21-11-7-6-9-19(21)22/h6-7,9,11-15,18,20H,2-5,8,10H2,1H3/t18-,20-/m1/s1. The Hall–Kier alpha value is -1.46. The second-order valence-electron chi connectivity index (χ2n) is 7.30. The molecule has 2 aliphatic rings. The molecule has 1 aliphatic heterocycles. The van der Waals surface area contributed by atoms with Gasteiger partial charge in [-0.25, -0.2) is 8.42 Å². The van der Waals surface area contributed by atoms with Gasteiger partial charge in [-0.05, 0) is 44.0 Å². The number of rotatable bonds is 2. The molecule has 0 amide bonds. The van der Waals surface area contributed by atoms with E-state index in [0.717, 1.165) is 35.4 Å². The van der Waals surface area contributed by atoms with Crippen LogP contribution in [0.15, 0.2) is 58.3 Å². The lowest BCUT2D eigenvalue weighted by atomic mass is 9.95. The first-order valence-electron chi connectivity index (χ1n) is 9.44. The van der Waals surface area contributed by atoms with Crippen molar-refractivity contribution in [2.75, 3.05) is 4.31 Å². The van der Waals surface area contributed by atoms with Crippen LogP contribution in [0, 0.1) is 6.92 Å². The van der Waals surface area contributed by atoms with Gasteiger partial charge < -0.3 is 0 Å². The van der Waals surface area contributed by atoms with Gasteiger partial charge >= 0.3 is 0 Å². The van der Waals surface area contributed by atoms with E-state index in [1.165, 1.54) is 19.3 Å². The van der Waals surface area contributed by atoms with Crippen molar-refractivity contribution in [3.63, 3.8) is 0 Å². The molecule has 138 valence electrons. The molecule has 0 N–H and O–H groups in total. The molecule has 5 heteroatoms. The number of benzene rings is 2. The zero-order chi connectivity index (χ0) is 18.1. The van der Waals surface area contributed by atoms with Gasteiger partial charge in [0.1, 0.15) is 0 Å². The Kier molecular flexibility index (Phi) is 5.02. The summed E-state index contributed by atoms with van der Waals surface area (Å²) in [7, 11) is -3.57. The maximum atomic E-state index is 13.6. The average molecular weight is 388 g/mol. The Bertz CT molecular complexity index is 877. The molecule has 4 rings (SSSR count). The van der Waals surface area contributed by atoms with Crippen LogP contribution in [0.5, 0.6) is 0 Å². The summed E-state index contributed by atoms with van der Waals surface area (Å²) >= 11 is 1.87. The van der Waals surface area contributed by atoms with Crippen molar-refractivity contribution < 1.29 is 8.42 Å². The second-order valence-corrected chi connectivity index (χ2v) is 10.4. The van der Waals surface area contributed by atoms with E-state index in [1.807, 2.05) is 49.0 Å². The third-order valence-corrected chi connectivity index (χ3v) is 8.73. The highest BCUT2D eigenvalue weighted by Gasteiger charge is 2.41. The van der Waals surface area contributed by atoms with Crippen LogP contribution in [0.4, 0.5) is 5.69 Å². The molecule has 2 atom stereocenters. The quantitative estimate of drug-likeness (QED) is 0.693. The number of hydrogen-bond donors (Lipinski definition) is 0. The van der Waals surface area contributed by atoms with Crippen molar-refractivity contribution in [3.8, 4) is 0 Å². The van der Waals surface area contributed by atoms with Gasteiger partial charge in [0, 0.05) is 10.1 Å². The summed E-state index contributed by atoms with van der Waals surface area (Å²) in [6.45, 7) is 1.98. The molecule has 3 nitrogen and oxygen atoms in total. The maximum Gasteiger partial charge on any atom is 0.264 e. The molecule has 26 heavy (non-hydrogen) atoms. The minimum absolute atomic E-state index is 0.0431. The van der Waals surface area contributed by atoms with Crippen molar-refractivity contribution in [1.29, 1.82) is 0 Å². The lowest BCUT2D eigenvalue weighted by Gasteiger charge is -2.43. The normalized spacial score (nSPS) is 23.5. The number of anilines is 1. The zero-order valence-electron chi connectivity index (χ0n) is 15.1. The molecule has 0 spiro atoms. The molecule has 0 saturated heterocycles. The van der Waals surface area contributed by atoms with Crippen molar-refractivity contribution in [2.24, 2.45) is 0 Å². The maximum absolute atomic E-state index is 13.6. The highest BCUT2D eigenvalue weighted by molar-refractivity contribution is 8.00. The number of para-hydroxylation sites is 1. The molecule has 1 fully saturated rings. The van der Waals surface area contributed by atoms with Crippen LogP contribution in [0.1, 0.15) is 44.1 Å². The van der Waals surface area contributed by atoms with Gasteiger partial charge in [0.15, 0.2) is 0 Å². The van der Waals surface area contributed by atoms with Gasteiger partial charge in [-0.3, -0.25) is 4.31 Å². The predicted octanol–water partition coefficient (Wildman–Crippen LogP) is 5.39. The first-order chi connectivity index (χ1) is 12.6. The summed E-state index contributed by atoms with van der Waals surface area (Å²) in [6.07, 6.45) is 6.78. The largest absolute Gasteiger partial charge is 0.264 e. The summed E-state index contributed by atoms with van der Waals surface area (Å²) in [5.41, 5.74) is 1.92. The second kappa shape index (κ2) is 7.28. The first kappa shape index (κ1) is 17.9. The highest BCUT2D eigenvalue weighted by Crippen LogP contribution is 2.47. The molecule has 0 aromatic heterocycles. The Morgan fingerprint density at radius 1 is 0.923 bits per heavy atom. The van der Waals surface area contributed by atoms with Crippen LogP contribution in [0.3, 0.4) is 0 Å². The smallest absolute Gasteiger partial charge is 0.261 e. The number of nitrogens with zero attached hydrogens (tertiary/aromatic N) is 1. The van der Waals surface area contributed by atoms with E-state index in [-0.39, 0.29) is 6.04 Å². The summed E-state index contributed by atoms with van der Waals surface area (Å²) in [5, 5.41) is 0.338. The predicted molar refractivity (Wildman–Crippen MR) is 108 cm³/mol. The SMILES string of the molecule is Cc1ccc(S(=O)(=O)N2c3ccccc3S[C@@H]3CCCCCC[C@H]32)cc1. The number of aryl methyl sites for hydroxylation is 1. The van der Waals surface area contributed by atoms with E-state index < -0.39 is 10.0 Å². The fourth-order valence-electron chi connectivity index (χ4n) is 4.05. The van der Waals surface area contributed by atoms with E-state index >= 15 is 0 Å². The van der Waals surface area contributed by atoms with Crippen molar-refractivity contribution in [1.82, 2.24) is 0 Å². The van der Waals surface area contributed by atoms with Gasteiger partial charge in [-0.2, -0.15) is 0 Å². The van der Waals surface area contributed by atoms with Crippen molar-refractivity contribution in [3.05, 3.63) is 54.1 Å². The fraction of sp³-hybridized carbons (Fsp3) is 0.429. The molecule has 1 saturated carbocycles. The van der Waals surface area contributed by atoms with E-state index in [4.69, 9.17) is 0 Å². The molecule has 0 radical (unpaired) electrons. The lowest BCUT2D eigenvalue weighted by molar-refractivity contribution is 0.455. The van der Waals surface area contributed by atoms with Crippen LogP contribution < -0.4 is 4.31 Å². The zero-order valence-corrected chi connectivity index (χ0v) is 16.7. The molecular weight excluding hydrogens is 362 g/mol. The van der Waals surface area contributed by atoms with E-state index in [2.05, 4.69) is 6.07 Å². The van der Waals surface area contributed by atoms with Crippen LogP contribution >= 0.6 is 11.8 Å². The first-order valence-corrected chi connectivity index (χ1v) is 11.8. The number of fused-ring (bicyclic) bond motifs is 2. The third-order valence-electron chi connectivity index (χ3n) is 5.43. The molecular formula is C21H25NO2S2. The van der Waals surface area contributed by atoms with Crippen molar-refractivity contribution in [2.45, 2.75) is 66.5 Å². The Labute approximate surface area is 160 Å². The lowest BCUT2D eigenvalue weighted by Crippen LogP contribution is -2.49. The number of sulfonamides is 1. The Morgan fingerprint density at radius 2 is 1.62 bits per heavy atom. The molecule has 2 aromatic rings. The minimum Gasteiger partial charge on any atom is -0.261 e. The Balaban J connectivity index is 1.83. The van der Waals surface area contributed by atoms with Crippen LogP contribution in [0.2, 0.25) is 0 Å². The summed E-state index contributed by atoms with van der Waals surface area (Å²) in [4.78, 5) is 1.48. The summed E-state index contributed by atoms with van der Waals surface area (Å²) in [5.74, 6) is 0. The number of hydrogen-bond acceptors (Lipinski definition) is 3. The number of thioether (sulfide) groups is 1. The summed E-state index contributed by atoms with van der Waals surface area (Å²) < 4.78 is 29.0. The summed E-state index contributed by atoms with van der Waals surface area (Å²) in [6, 6.07) is 15.3. The van der Waals surface area contributed by atoms with Crippen LogP contribution in [-0.2, 0) is 10.0 Å². The fourth-order valence-corrected chi connectivity index (χ4v) is 7.39. The Morgan fingerprint density at radius 3 is 2.38 bits per heavy atom. The van der Waals surface area contributed by atoms with Crippen LogP contribution in [0.25, 0.3) is 0 Å². The van der Waals surface area contributed by atoms with Gasteiger partial charge in [0.05, 0.1) is 16.6 Å². The van der Waals surface area contributed by atoms with E-state index in [0.29, 0.717) is 10.1 Å². The molecule has 1 heterocycles. The van der Waals surface area contributed by atoms with Gasteiger partial charge in [-0.1, -0.05) is 55.5 Å². The molecule has 2 aromatic carbocycles. The van der Waals surface area contributed by atoms with Crippen molar-refractivity contribution >= 4 is 27.5 Å². The molecule has 0 bridgehead atoms. The van der Waals surface area contributed by atoms with Gasteiger partial charge in [-0.15, -0.1) is 11.8 Å². The highest BCUT2D eigenvalue weighted by atomic mass is 32.2. The topological polar surface area (TPSA) is 37.4 Å². The van der Waals surface area contributed by atoms with Crippen LogP contribution in [-0.4, -0.2) is 19.7 Å². The molecule has 1 aliphatic carbocycles. The van der Waals surface area contributed by atoms with Gasteiger partial charge in [0.25, 0.3) is 10.0 Å². The monoisotopic (exact) mass is 387 g/mol. The van der Waals surface area contributed by atoms with E-state index in [9.17, 15) is 8.42 Å². The van der Waals surface area contributed by atoms with Gasteiger partial charge in [0.2, 0.25) is 0 Å². The third kappa shape index (κ3) is 3.27. The van der Waals surface area contributed by atoms with E-state index in [1.54, 1.807) is 16.4 Å². The molecule has 0 unspecified atom stereocenters. The average Bonchev–Trinajstić information content (AvgIpc) is 2.61.